The van der Waals surface area contributed by atoms with Gasteiger partial charge < -0.3 is 14.0 Å². The predicted molar refractivity (Wildman–Crippen MR) is 91.9 cm³/mol. The summed E-state index contributed by atoms with van der Waals surface area (Å²) in [6, 6.07) is 2.29. The van der Waals surface area contributed by atoms with E-state index < -0.39 is 47.3 Å². The number of halogens is 2. The maximum atomic E-state index is 14.8. The van der Waals surface area contributed by atoms with E-state index in [2.05, 4.69) is 5.32 Å². The summed E-state index contributed by atoms with van der Waals surface area (Å²) in [6.07, 6.45) is -0.948. The Kier molecular flexibility index (Phi) is 4.91. The van der Waals surface area contributed by atoms with Crippen LogP contribution in [0, 0.1) is 11.6 Å². The molecule has 0 aromatic heterocycles. The molecule has 25 heavy (non-hydrogen) atoms. The van der Waals surface area contributed by atoms with Crippen LogP contribution in [0.25, 0.3) is 0 Å². The van der Waals surface area contributed by atoms with Crippen molar-refractivity contribution in [3.8, 4) is 0 Å². The Morgan fingerprint density at radius 1 is 1.12 bits per heavy atom. The number of hydrogen-bond donors (Lipinski definition) is 1. The van der Waals surface area contributed by atoms with E-state index in [9.17, 15) is 13.6 Å². The number of rotatable bonds is 2. The van der Waals surface area contributed by atoms with Crippen molar-refractivity contribution < 1.29 is 27.6 Å². The van der Waals surface area contributed by atoms with E-state index in [0.717, 1.165) is 6.07 Å². The van der Waals surface area contributed by atoms with Gasteiger partial charge in [-0.25, -0.2) is 13.6 Å². The molecule has 2 rings (SSSR count). The molecule has 1 saturated heterocycles. The maximum absolute atomic E-state index is 14.8. The molecule has 0 aliphatic carbocycles. The van der Waals surface area contributed by atoms with Crippen LogP contribution in [-0.4, -0.2) is 30.0 Å². The topological polar surface area (TPSA) is 56.8 Å². The third kappa shape index (κ3) is 4.12. The third-order valence-corrected chi connectivity index (χ3v) is 4.25. The second kappa shape index (κ2) is 6.25. The van der Waals surface area contributed by atoms with E-state index in [0.29, 0.717) is 0 Å². The molecule has 0 unspecified atom stereocenters. The van der Waals surface area contributed by atoms with E-state index in [1.54, 1.807) is 20.8 Å². The monoisotopic (exact) mass is 355 g/mol. The zero-order chi connectivity index (χ0) is 19.2. The van der Waals surface area contributed by atoms with Gasteiger partial charge in [0.2, 0.25) is 0 Å². The largest absolute Gasteiger partial charge is 0.497 e. The van der Waals surface area contributed by atoms with Crippen LogP contribution >= 0.6 is 0 Å². The van der Waals surface area contributed by atoms with E-state index in [1.807, 2.05) is 27.7 Å². The molecule has 0 saturated carbocycles. The van der Waals surface area contributed by atoms with E-state index in [1.165, 1.54) is 6.07 Å². The summed E-state index contributed by atoms with van der Waals surface area (Å²) in [5, 5.41) is 2.12. The van der Waals surface area contributed by atoms with E-state index >= 15 is 0 Å². The minimum Gasteiger partial charge on any atom is -0.444 e. The van der Waals surface area contributed by atoms with Gasteiger partial charge in [0.15, 0.2) is 0 Å². The molecule has 0 bridgehead atoms. The lowest BCUT2D eigenvalue weighted by atomic mass is 9.78. The number of carbonyl (C=O) groups is 1. The summed E-state index contributed by atoms with van der Waals surface area (Å²) in [4.78, 5) is 11.8. The fourth-order valence-electron chi connectivity index (χ4n) is 2.24. The lowest BCUT2D eigenvalue weighted by Gasteiger charge is -2.32. The highest BCUT2D eigenvalue weighted by Gasteiger charge is 2.52. The Balaban J connectivity index is 2.30. The Morgan fingerprint density at radius 3 is 2.12 bits per heavy atom. The van der Waals surface area contributed by atoms with E-state index in [-0.39, 0.29) is 5.46 Å². The Labute approximate surface area is 147 Å². The maximum Gasteiger partial charge on any atom is 0.497 e. The molecule has 1 aliphatic rings. The molecule has 0 radical (unpaired) electrons. The van der Waals surface area contributed by atoms with Crippen LogP contribution in [-0.2, 0) is 14.0 Å². The fraction of sp³-hybridized carbons (Fsp3) is 0.588. The number of nitrogens with one attached hydrogen (secondary N) is 1. The molecule has 1 aromatic carbocycles. The van der Waals surface area contributed by atoms with Crippen LogP contribution in [0.2, 0.25) is 0 Å². The molecule has 1 amide bonds. The zero-order valence-corrected chi connectivity index (χ0v) is 15.6. The first kappa shape index (κ1) is 19.7. The average molecular weight is 355 g/mol. The number of hydrogen-bond acceptors (Lipinski definition) is 4. The Bertz CT molecular complexity index is 670. The van der Waals surface area contributed by atoms with Gasteiger partial charge in [0.05, 0.1) is 11.2 Å². The van der Waals surface area contributed by atoms with Crippen LogP contribution in [0.4, 0.5) is 19.3 Å². The second-order valence-corrected chi connectivity index (χ2v) is 8.04. The SMILES string of the molecule is CC(C)(C)OC(=O)Nc1c(F)ccc(B2OC(C)(C)C(C)(C)O2)c1F. The molecule has 0 atom stereocenters. The summed E-state index contributed by atoms with van der Waals surface area (Å²) in [5.74, 6) is -1.87. The summed E-state index contributed by atoms with van der Waals surface area (Å²) in [7, 11) is -1.01. The van der Waals surface area contributed by atoms with Crippen molar-refractivity contribution in [2.45, 2.75) is 65.3 Å². The molecule has 8 heteroatoms. The number of ether oxygens (including phenoxy) is 1. The average Bonchev–Trinajstić information content (AvgIpc) is 2.61. The summed E-state index contributed by atoms with van der Waals surface area (Å²) in [5.41, 5.74) is -2.72. The highest BCUT2D eigenvalue weighted by atomic mass is 19.1. The van der Waals surface area contributed by atoms with Gasteiger partial charge in [-0.1, -0.05) is 6.07 Å². The van der Waals surface area contributed by atoms with Crippen molar-refractivity contribution in [3.05, 3.63) is 23.8 Å². The Morgan fingerprint density at radius 2 is 1.64 bits per heavy atom. The first-order chi connectivity index (χ1) is 11.2. The minimum absolute atomic E-state index is 0.00566. The normalized spacial score (nSPS) is 19.0. The van der Waals surface area contributed by atoms with Gasteiger partial charge in [-0.3, -0.25) is 5.32 Å². The van der Waals surface area contributed by atoms with Gasteiger partial charge in [-0.05, 0) is 54.5 Å². The van der Waals surface area contributed by atoms with Crippen molar-refractivity contribution in [2.75, 3.05) is 5.32 Å². The van der Waals surface area contributed by atoms with Crippen molar-refractivity contribution in [1.82, 2.24) is 0 Å². The van der Waals surface area contributed by atoms with Crippen molar-refractivity contribution in [3.63, 3.8) is 0 Å². The molecule has 5 nitrogen and oxygen atoms in total. The summed E-state index contributed by atoms with van der Waals surface area (Å²) < 4.78 is 45.4. The molecule has 1 N–H and O–H groups in total. The summed E-state index contributed by atoms with van der Waals surface area (Å²) >= 11 is 0. The Hall–Kier alpha value is -1.67. The number of benzene rings is 1. The van der Waals surface area contributed by atoms with Crippen molar-refractivity contribution in [2.24, 2.45) is 0 Å². The molecule has 1 aromatic rings. The van der Waals surface area contributed by atoms with Crippen LogP contribution < -0.4 is 10.8 Å². The predicted octanol–water partition coefficient (Wildman–Crippen LogP) is 3.61. The zero-order valence-electron chi connectivity index (χ0n) is 15.6. The second-order valence-electron chi connectivity index (χ2n) is 8.04. The number of carbonyl (C=O) groups excluding carboxylic acids is 1. The van der Waals surface area contributed by atoms with Gasteiger partial charge in [0.25, 0.3) is 0 Å². The number of anilines is 1. The standard InChI is InChI=1S/C17H24BF2NO4/c1-15(2,3)23-14(22)21-13-11(19)9-8-10(12(13)20)18-24-16(4,5)17(6,7)25-18/h8-9H,1-7H3,(H,21,22). The van der Waals surface area contributed by atoms with Crippen LogP contribution in [0.3, 0.4) is 0 Å². The summed E-state index contributed by atoms with van der Waals surface area (Å²) in [6.45, 7) is 12.3. The fourth-order valence-corrected chi connectivity index (χ4v) is 2.24. The van der Waals surface area contributed by atoms with Crippen LogP contribution in [0.5, 0.6) is 0 Å². The van der Waals surface area contributed by atoms with Crippen molar-refractivity contribution in [1.29, 1.82) is 0 Å². The van der Waals surface area contributed by atoms with Gasteiger partial charge >= 0.3 is 13.2 Å². The highest BCUT2D eigenvalue weighted by Crippen LogP contribution is 2.37. The minimum atomic E-state index is -1.01. The quantitative estimate of drug-likeness (QED) is 0.824. The molecular formula is C17H24BF2NO4. The molecular weight excluding hydrogens is 331 g/mol. The van der Waals surface area contributed by atoms with Crippen LogP contribution in [0.15, 0.2) is 12.1 Å². The molecule has 1 aliphatic heterocycles. The van der Waals surface area contributed by atoms with Gasteiger partial charge in [-0.15, -0.1) is 0 Å². The molecule has 1 heterocycles. The van der Waals surface area contributed by atoms with Gasteiger partial charge in [0.1, 0.15) is 22.9 Å². The highest BCUT2D eigenvalue weighted by molar-refractivity contribution is 6.62. The first-order valence-corrected chi connectivity index (χ1v) is 8.07. The third-order valence-electron chi connectivity index (χ3n) is 4.25. The molecule has 1 fully saturated rings. The smallest absolute Gasteiger partial charge is 0.444 e. The number of amides is 1. The van der Waals surface area contributed by atoms with Crippen LogP contribution in [0.1, 0.15) is 48.5 Å². The van der Waals surface area contributed by atoms with Gasteiger partial charge in [-0.2, -0.15) is 0 Å². The molecule has 138 valence electrons. The lowest BCUT2D eigenvalue weighted by Crippen LogP contribution is -2.41. The van der Waals surface area contributed by atoms with Gasteiger partial charge in [0, 0.05) is 5.46 Å². The van der Waals surface area contributed by atoms with E-state index in [4.69, 9.17) is 14.0 Å². The van der Waals surface area contributed by atoms with Crippen molar-refractivity contribution >= 4 is 24.4 Å². The molecule has 0 spiro atoms. The first-order valence-electron chi connectivity index (χ1n) is 8.07. The lowest BCUT2D eigenvalue weighted by molar-refractivity contribution is 0.00578.